The van der Waals surface area contributed by atoms with Crippen LogP contribution in [-0.4, -0.2) is 54.2 Å². The maximum atomic E-state index is 11.9. The fourth-order valence-corrected chi connectivity index (χ4v) is 2.09. The number of esters is 1. The van der Waals surface area contributed by atoms with Gasteiger partial charge < -0.3 is 20.1 Å². The number of ether oxygens (including phenoxy) is 1. The van der Waals surface area contributed by atoms with Crippen LogP contribution in [0.4, 0.5) is 4.79 Å². The number of urea groups is 1. The zero-order valence-electron chi connectivity index (χ0n) is 11.1. The van der Waals surface area contributed by atoms with Gasteiger partial charge in [0.2, 0.25) is 0 Å². The number of rotatable bonds is 6. The third-order valence-corrected chi connectivity index (χ3v) is 3.08. The lowest BCUT2D eigenvalue weighted by atomic mass is 10.2. The number of hydrogen-bond acceptors (Lipinski definition) is 4. The number of carbonyl (C=O) groups is 3. The summed E-state index contributed by atoms with van der Waals surface area (Å²) >= 11 is 0. The van der Waals surface area contributed by atoms with Gasteiger partial charge in [0.15, 0.2) is 0 Å². The lowest BCUT2D eigenvalue weighted by Crippen LogP contribution is -2.46. The average Bonchev–Trinajstić information content (AvgIpc) is 2.86. The van der Waals surface area contributed by atoms with Crippen LogP contribution in [0.5, 0.6) is 0 Å². The topological polar surface area (TPSA) is 95.9 Å². The largest absolute Gasteiger partial charge is 0.481 e. The van der Waals surface area contributed by atoms with Crippen LogP contribution in [0.25, 0.3) is 0 Å². The summed E-state index contributed by atoms with van der Waals surface area (Å²) in [5, 5.41) is 11.2. The molecule has 1 unspecified atom stereocenters. The number of unbranched alkanes of at least 4 members (excludes halogenated alkanes) is 1. The van der Waals surface area contributed by atoms with Gasteiger partial charge in [0.05, 0.1) is 7.11 Å². The van der Waals surface area contributed by atoms with E-state index in [-0.39, 0.29) is 12.5 Å². The standard InChI is InChI=1S/C12H20N2O5/c1-19-11(17)9-5-4-8-14(9)12(18)13-7-3-2-6-10(15)16/h9H,2-8H2,1H3,(H,13,18)(H,15,16). The van der Waals surface area contributed by atoms with Crippen molar-refractivity contribution in [2.24, 2.45) is 0 Å². The summed E-state index contributed by atoms with van der Waals surface area (Å²) in [4.78, 5) is 35.1. The van der Waals surface area contributed by atoms with Crippen molar-refractivity contribution in [2.75, 3.05) is 20.2 Å². The summed E-state index contributed by atoms with van der Waals surface area (Å²) in [6.07, 6.45) is 2.64. The third-order valence-electron chi connectivity index (χ3n) is 3.08. The summed E-state index contributed by atoms with van der Waals surface area (Å²) < 4.78 is 4.66. The summed E-state index contributed by atoms with van der Waals surface area (Å²) in [6, 6.07) is -0.785. The quantitative estimate of drug-likeness (QED) is 0.545. The van der Waals surface area contributed by atoms with Crippen molar-refractivity contribution in [1.82, 2.24) is 10.2 Å². The first-order valence-corrected chi connectivity index (χ1v) is 6.40. The Labute approximate surface area is 111 Å². The second kappa shape index (κ2) is 7.60. The Hall–Kier alpha value is -1.79. The lowest BCUT2D eigenvalue weighted by Gasteiger charge is -2.22. The van der Waals surface area contributed by atoms with Crippen LogP contribution in [0, 0.1) is 0 Å². The zero-order valence-corrected chi connectivity index (χ0v) is 11.1. The molecule has 1 aliphatic heterocycles. The summed E-state index contributed by atoms with van der Waals surface area (Å²) in [7, 11) is 1.31. The predicted octanol–water partition coefficient (Wildman–Crippen LogP) is 0.588. The Morgan fingerprint density at radius 3 is 2.74 bits per heavy atom. The van der Waals surface area contributed by atoms with E-state index in [1.807, 2.05) is 0 Å². The highest BCUT2D eigenvalue weighted by Crippen LogP contribution is 2.18. The molecule has 1 rings (SSSR count). The van der Waals surface area contributed by atoms with E-state index in [0.29, 0.717) is 32.4 Å². The molecule has 2 amide bonds. The highest BCUT2D eigenvalue weighted by atomic mass is 16.5. The third kappa shape index (κ3) is 4.76. The van der Waals surface area contributed by atoms with Crippen LogP contribution in [0.1, 0.15) is 32.1 Å². The van der Waals surface area contributed by atoms with E-state index in [1.165, 1.54) is 12.0 Å². The van der Waals surface area contributed by atoms with Crippen LogP contribution in [0.15, 0.2) is 0 Å². The van der Waals surface area contributed by atoms with Crippen molar-refractivity contribution in [2.45, 2.75) is 38.1 Å². The van der Waals surface area contributed by atoms with E-state index in [4.69, 9.17) is 5.11 Å². The fourth-order valence-electron chi connectivity index (χ4n) is 2.09. The molecule has 2 N–H and O–H groups in total. The number of nitrogens with zero attached hydrogens (tertiary/aromatic N) is 1. The number of aliphatic carboxylic acids is 1. The van der Waals surface area contributed by atoms with Crippen molar-refractivity contribution in [3.05, 3.63) is 0 Å². The molecule has 1 saturated heterocycles. The Bertz CT molecular complexity index is 345. The van der Waals surface area contributed by atoms with Crippen LogP contribution >= 0.6 is 0 Å². The normalized spacial score (nSPS) is 18.2. The SMILES string of the molecule is COC(=O)C1CCCN1C(=O)NCCCCC(=O)O. The van der Waals surface area contributed by atoms with Gasteiger partial charge in [0.1, 0.15) is 6.04 Å². The number of carboxylic acids is 1. The number of likely N-dealkylation sites (tertiary alicyclic amines) is 1. The molecule has 0 aromatic rings. The van der Waals surface area contributed by atoms with Crippen molar-refractivity contribution < 1.29 is 24.2 Å². The van der Waals surface area contributed by atoms with Crippen LogP contribution in [0.2, 0.25) is 0 Å². The fraction of sp³-hybridized carbons (Fsp3) is 0.750. The van der Waals surface area contributed by atoms with Crippen molar-refractivity contribution >= 4 is 18.0 Å². The minimum absolute atomic E-state index is 0.102. The molecule has 108 valence electrons. The molecule has 0 aliphatic carbocycles. The van der Waals surface area contributed by atoms with Gasteiger partial charge in [-0.1, -0.05) is 0 Å². The van der Waals surface area contributed by atoms with E-state index < -0.39 is 18.0 Å². The first-order chi connectivity index (χ1) is 9.06. The first kappa shape index (κ1) is 15.3. The van der Waals surface area contributed by atoms with Gasteiger partial charge in [-0.3, -0.25) is 4.79 Å². The molecule has 1 atom stereocenters. The van der Waals surface area contributed by atoms with Gasteiger partial charge in [0, 0.05) is 19.5 Å². The number of hydrogen-bond donors (Lipinski definition) is 2. The highest BCUT2D eigenvalue weighted by molar-refractivity contribution is 5.84. The molecule has 0 bridgehead atoms. The zero-order chi connectivity index (χ0) is 14.3. The Kier molecular flexibility index (Phi) is 6.11. The molecule has 19 heavy (non-hydrogen) atoms. The Morgan fingerprint density at radius 1 is 1.37 bits per heavy atom. The van der Waals surface area contributed by atoms with Gasteiger partial charge in [0.25, 0.3) is 0 Å². The smallest absolute Gasteiger partial charge is 0.328 e. The molecule has 0 spiro atoms. The van der Waals surface area contributed by atoms with E-state index >= 15 is 0 Å². The molecule has 0 saturated carbocycles. The molecule has 1 fully saturated rings. The van der Waals surface area contributed by atoms with Crippen molar-refractivity contribution in [3.63, 3.8) is 0 Å². The molecule has 7 nitrogen and oxygen atoms in total. The lowest BCUT2D eigenvalue weighted by molar-refractivity contribution is -0.145. The van der Waals surface area contributed by atoms with Crippen molar-refractivity contribution in [1.29, 1.82) is 0 Å². The van der Waals surface area contributed by atoms with Gasteiger partial charge in [-0.2, -0.15) is 0 Å². The molecule has 7 heteroatoms. The molecular formula is C12H20N2O5. The Morgan fingerprint density at radius 2 is 2.11 bits per heavy atom. The van der Waals surface area contributed by atoms with Gasteiger partial charge >= 0.3 is 18.0 Å². The monoisotopic (exact) mass is 272 g/mol. The minimum Gasteiger partial charge on any atom is -0.481 e. The highest BCUT2D eigenvalue weighted by Gasteiger charge is 2.34. The second-order valence-electron chi connectivity index (χ2n) is 4.46. The maximum Gasteiger partial charge on any atom is 0.328 e. The number of methoxy groups -OCH3 is 1. The molecule has 1 aliphatic rings. The molecule has 1 heterocycles. The minimum atomic E-state index is -0.836. The number of carboxylic acid groups (broad SMARTS) is 1. The molecular weight excluding hydrogens is 252 g/mol. The molecule has 0 radical (unpaired) electrons. The predicted molar refractivity (Wildman–Crippen MR) is 66.6 cm³/mol. The van der Waals surface area contributed by atoms with Gasteiger partial charge in [-0.25, -0.2) is 9.59 Å². The van der Waals surface area contributed by atoms with Gasteiger partial charge in [-0.05, 0) is 25.7 Å². The molecule has 0 aromatic carbocycles. The second-order valence-corrected chi connectivity index (χ2v) is 4.46. The number of amides is 2. The molecule has 0 aromatic heterocycles. The Balaban J connectivity index is 2.28. The van der Waals surface area contributed by atoms with E-state index in [2.05, 4.69) is 10.1 Å². The summed E-state index contributed by atoms with van der Waals surface area (Å²) in [5.74, 6) is -1.23. The first-order valence-electron chi connectivity index (χ1n) is 6.40. The summed E-state index contributed by atoms with van der Waals surface area (Å²) in [5.41, 5.74) is 0. The van der Waals surface area contributed by atoms with E-state index in [9.17, 15) is 14.4 Å². The van der Waals surface area contributed by atoms with Crippen LogP contribution in [0.3, 0.4) is 0 Å². The van der Waals surface area contributed by atoms with Crippen LogP contribution in [-0.2, 0) is 14.3 Å². The summed E-state index contributed by atoms with van der Waals surface area (Å²) in [6.45, 7) is 0.956. The van der Waals surface area contributed by atoms with E-state index in [0.717, 1.165) is 6.42 Å². The number of nitrogens with one attached hydrogen (secondary N) is 1. The van der Waals surface area contributed by atoms with E-state index in [1.54, 1.807) is 0 Å². The van der Waals surface area contributed by atoms with Crippen molar-refractivity contribution in [3.8, 4) is 0 Å². The average molecular weight is 272 g/mol. The maximum absolute atomic E-state index is 11.9. The van der Waals surface area contributed by atoms with Crippen LogP contribution < -0.4 is 5.32 Å². The number of carbonyl (C=O) groups excluding carboxylic acids is 2. The van der Waals surface area contributed by atoms with Gasteiger partial charge in [-0.15, -0.1) is 0 Å².